The van der Waals surface area contributed by atoms with Crippen LogP contribution >= 0.6 is 11.6 Å². The van der Waals surface area contributed by atoms with Crippen LogP contribution in [0.2, 0.25) is 5.02 Å². The number of nitriles is 1. The minimum Gasteiger partial charge on any atom is -0.391 e. The molecule has 2 N–H and O–H groups in total. The number of aliphatic hydroxyl groups excluding tert-OH is 1. The van der Waals surface area contributed by atoms with Crippen molar-refractivity contribution in [3.63, 3.8) is 0 Å². The molecule has 1 aromatic carbocycles. The van der Waals surface area contributed by atoms with Crippen LogP contribution in [0.1, 0.15) is 25.0 Å². The van der Waals surface area contributed by atoms with Crippen LogP contribution in [0.15, 0.2) is 35.2 Å². The Morgan fingerprint density at radius 1 is 1.31 bits per heavy atom. The molecule has 0 radical (unpaired) electrons. The fraction of sp³-hybridized carbons (Fsp3) is 0.294. The molecule has 2 aromatic rings. The van der Waals surface area contributed by atoms with Crippen LogP contribution in [0, 0.1) is 17.1 Å². The molecule has 0 saturated heterocycles. The number of rotatable bonds is 4. The van der Waals surface area contributed by atoms with Gasteiger partial charge in [-0.3, -0.25) is 0 Å². The maximum atomic E-state index is 13.4. The van der Waals surface area contributed by atoms with Gasteiger partial charge in [0.2, 0.25) is 10.0 Å². The zero-order valence-corrected chi connectivity index (χ0v) is 15.1. The number of aliphatic hydroxyl groups is 1. The van der Waals surface area contributed by atoms with Crippen LogP contribution in [0.3, 0.4) is 0 Å². The fourth-order valence-corrected chi connectivity index (χ4v) is 4.56. The van der Waals surface area contributed by atoms with E-state index in [1.54, 1.807) is 6.07 Å². The largest absolute Gasteiger partial charge is 0.391 e. The lowest BCUT2D eigenvalue weighted by molar-refractivity contribution is 0.159. The molecule has 3 rings (SSSR count). The minimum atomic E-state index is -3.84. The van der Waals surface area contributed by atoms with Crippen molar-refractivity contribution in [2.75, 3.05) is 0 Å². The van der Waals surface area contributed by atoms with E-state index in [0.29, 0.717) is 18.4 Å². The van der Waals surface area contributed by atoms with Gasteiger partial charge in [-0.1, -0.05) is 11.6 Å². The topological polar surface area (TPSA) is 103 Å². The van der Waals surface area contributed by atoms with Crippen LogP contribution < -0.4 is 4.72 Å². The van der Waals surface area contributed by atoms with Gasteiger partial charge in [0.15, 0.2) is 11.5 Å². The fourth-order valence-electron chi connectivity index (χ4n) is 2.89. The predicted molar refractivity (Wildman–Crippen MR) is 93.3 cm³/mol. The molecule has 6 nitrogen and oxygen atoms in total. The number of hydrogen-bond donors (Lipinski definition) is 2. The molecule has 0 aliphatic heterocycles. The van der Waals surface area contributed by atoms with Gasteiger partial charge in [-0.15, -0.1) is 0 Å². The molecule has 26 heavy (non-hydrogen) atoms. The van der Waals surface area contributed by atoms with Gasteiger partial charge in [-0.2, -0.15) is 5.26 Å². The standard InChI is InChI=1S/C17H15ClFN3O3S/c18-12-8-10(26(24,25)22-15-2-1-3-17(15)23)4-5-11(12)14-7-6-13(19)16(9-20)21-14/h4-8,15,17,22-23H,1-3H2/t15-,17+/m1/s1. The molecule has 1 heterocycles. The Balaban J connectivity index is 1.91. The highest BCUT2D eigenvalue weighted by molar-refractivity contribution is 7.89. The van der Waals surface area contributed by atoms with Crippen molar-refractivity contribution in [1.29, 1.82) is 5.26 Å². The summed E-state index contributed by atoms with van der Waals surface area (Å²) < 4.78 is 40.9. The van der Waals surface area contributed by atoms with Crippen molar-refractivity contribution in [3.05, 3.63) is 46.9 Å². The average molecular weight is 396 g/mol. The van der Waals surface area contributed by atoms with Gasteiger partial charge in [0.1, 0.15) is 6.07 Å². The molecule has 1 aliphatic rings. The van der Waals surface area contributed by atoms with Gasteiger partial charge >= 0.3 is 0 Å². The van der Waals surface area contributed by atoms with Gasteiger partial charge in [-0.05, 0) is 49.6 Å². The number of nitrogens with one attached hydrogen (secondary N) is 1. The molecule has 0 spiro atoms. The Bertz CT molecular complexity index is 991. The lowest BCUT2D eigenvalue weighted by Crippen LogP contribution is -2.39. The molecule has 0 bridgehead atoms. The molecule has 1 saturated carbocycles. The van der Waals surface area contributed by atoms with Crippen molar-refractivity contribution >= 4 is 21.6 Å². The number of hydrogen-bond acceptors (Lipinski definition) is 5. The highest BCUT2D eigenvalue weighted by atomic mass is 35.5. The molecule has 1 fully saturated rings. The second kappa shape index (κ2) is 7.29. The Kier molecular flexibility index (Phi) is 5.25. The number of benzene rings is 1. The maximum Gasteiger partial charge on any atom is 0.240 e. The third kappa shape index (κ3) is 3.71. The lowest BCUT2D eigenvalue weighted by Gasteiger charge is -2.17. The van der Waals surface area contributed by atoms with E-state index < -0.39 is 28.0 Å². The van der Waals surface area contributed by atoms with Gasteiger partial charge in [0, 0.05) is 11.6 Å². The summed E-state index contributed by atoms with van der Waals surface area (Å²) in [7, 11) is -3.84. The highest BCUT2D eigenvalue weighted by Crippen LogP contribution is 2.30. The van der Waals surface area contributed by atoms with E-state index in [2.05, 4.69) is 9.71 Å². The van der Waals surface area contributed by atoms with Gasteiger partial charge < -0.3 is 5.11 Å². The van der Waals surface area contributed by atoms with Crippen molar-refractivity contribution in [1.82, 2.24) is 9.71 Å². The normalized spacial score (nSPS) is 20.1. The second-order valence-electron chi connectivity index (χ2n) is 6.01. The summed E-state index contributed by atoms with van der Waals surface area (Å²) >= 11 is 6.19. The first-order valence-corrected chi connectivity index (χ1v) is 9.75. The summed E-state index contributed by atoms with van der Waals surface area (Å²) in [6.45, 7) is 0. The number of nitrogens with zero attached hydrogens (tertiary/aromatic N) is 2. The van der Waals surface area contributed by atoms with Crippen molar-refractivity contribution in [2.24, 2.45) is 0 Å². The molecule has 0 unspecified atom stereocenters. The van der Waals surface area contributed by atoms with Crippen LogP contribution in [-0.2, 0) is 10.0 Å². The monoisotopic (exact) mass is 395 g/mol. The van der Waals surface area contributed by atoms with E-state index in [0.717, 1.165) is 12.5 Å². The maximum absolute atomic E-state index is 13.4. The summed E-state index contributed by atoms with van der Waals surface area (Å²) in [6.07, 6.45) is 1.19. The number of halogens is 2. The molecule has 1 aromatic heterocycles. The van der Waals surface area contributed by atoms with Crippen LogP contribution in [0.4, 0.5) is 4.39 Å². The first-order valence-electron chi connectivity index (χ1n) is 7.89. The second-order valence-corrected chi connectivity index (χ2v) is 8.13. The van der Waals surface area contributed by atoms with Gasteiger partial charge in [-0.25, -0.2) is 22.5 Å². The summed E-state index contributed by atoms with van der Waals surface area (Å²) in [5, 5.41) is 18.8. The summed E-state index contributed by atoms with van der Waals surface area (Å²) in [5.74, 6) is -0.745. The molecule has 1 aliphatic carbocycles. The number of pyridine rings is 1. The molecule has 136 valence electrons. The van der Waals surface area contributed by atoms with Crippen LogP contribution in [0.25, 0.3) is 11.3 Å². The quantitative estimate of drug-likeness (QED) is 0.828. The van der Waals surface area contributed by atoms with Gasteiger partial charge in [0.05, 0.1) is 21.7 Å². The van der Waals surface area contributed by atoms with Crippen LogP contribution in [0.5, 0.6) is 0 Å². The smallest absolute Gasteiger partial charge is 0.240 e. The average Bonchev–Trinajstić information content (AvgIpc) is 2.99. The SMILES string of the molecule is N#Cc1nc(-c2ccc(S(=O)(=O)N[C@@H]3CCC[C@@H]3O)cc2Cl)ccc1F. The zero-order valence-electron chi connectivity index (χ0n) is 13.5. The van der Waals surface area contributed by atoms with E-state index >= 15 is 0 Å². The van der Waals surface area contributed by atoms with Crippen molar-refractivity contribution in [3.8, 4) is 17.3 Å². The van der Waals surface area contributed by atoms with E-state index in [9.17, 15) is 17.9 Å². The third-order valence-corrected chi connectivity index (χ3v) is 6.07. The first kappa shape index (κ1) is 18.7. The Labute approximate surface area is 155 Å². The Hall–Kier alpha value is -2.05. The summed E-state index contributed by atoms with van der Waals surface area (Å²) in [4.78, 5) is 3.84. The molecular formula is C17H15ClFN3O3S. The lowest BCUT2D eigenvalue weighted by atomic mass is 10.1. The molecular weight excluding hydrogens is 381 g/mol. The van der Waals surface area contributed by atoms with Crippen LogP contribution in [-0.4, -0.2) is 30.7 Å². The highest BCUT2D eigenvalue weighted by Gasteiger charge is 2.30. The molecule has 2 atom stereocenters. The van der Waals surface area contributed by atoms with Crippen molar-refractivity contribution in [2.45, 2.75) is 36.3 Å². The number of sulfonamides is 1. The van der Waals surface area contributed by atoms with E-state index in [1.807, 2.05) is 0 Å². The minimum absolute atomic E-state index is 0.0482. The molecule has 0 amide bonds. The Morgan fingerprint density at radius 3 is 2.69 bits per heavy atom. The predicted octanol–water partition coefficient (Wildman–Crippen LogP) is 2.60. The van der Waals surface area contributed by atoms with Crippen molar-refractivity contribution < 1.29 is 17.9 Å². The third-order valence-electron chi connectivity index (χ3n) is 4.26. The van der Waals surface area contributed by atoms with Gasteiger partial charge in [0.25, 0.3) is 0 Å². The zero-order chi connectivity index (χ0) is 18.9. The summed E-state index contributed by atoms with van der Waals surface area (Å²) in [5.41, 5.74) is 0.270. The Morgan fingerprint density at radius 2 is 2.08 bits per heavy atom. The molecule has 9 heteroatoms. The number of aromatic nitrogens is 1. The van der Waals surface area contributed by atoms with E-state index in [-0.39, 0.29) is 21.3 Å². The van der Waals surface area contributed by atoms with E-state index in [4.69, 9.17) is 16.9 Å². The summed E-state index contributed by atoms with van der Waals surface area (Å²) in [6, 6.07) is 7.65. The van der Waals surface area contributed by atoms with E-state index in [1.165, 1.54) is 24.3 Å². The first-order chi connectivity index (χ1) is 12.3.